The second kappa shape index (κ2) is 8.27. The van der Waals surface area contributed by atoms with E-state index in [2.05, 4.69) is 53.7 Å². The van der Waals surface area contributed by atoms with Crippen LogP contribution in [-0.4, -0.2) is 24.1 Å². The lowest BCUT2D eigenvalue weighted by Gasteiger charge is -2.32. The molecule has 26 heavy (non-hydrogen) atoms. The summed E-state index contributed by atoms with van der Waals surface area (Å²) in [6.07, 6.45) is 5.01. The van der Waals surface area contributed by atoms with Crippen molar-refractivity contribution in [2.24, 2.45) is 0 Å². The summed E-state index contributed by atoms with van der Waals surface area (Å²) in [6, 6.07) is 10.2. The average Bonchev–Trinajstić information content (AvgIpc) is 2.80. The molecule has 1 aliphatic rings. The number of Topliss-reactive ketones (excluding diaryl/α,β-unsaturated/α-hetero) is 1. The van der Waals surface area contributed by atoms with Gasteiger partial charge in [0.1, 0.15) is 5.78 Å². The number of carbonyl (C=O) groups excluding carboxylic acids is 1. The summed E-state index contributed by atoms with van der Waals surface area (Å²) in [5, 5.41) is -0.283. The van der Waals surface area contributed by atoms with Crippen LogP contribution in [0.25, 0.3) is 0 Å². The third-order valence-corrected chi connectivity index (χ3v) is 6.06. The third-order valence-electron chi connectivity index (χ3n) is 6.06. The lowest BCUT2D eigenvalue weighted by atomic mass is 9.54. The van der Waals surface area contributed by atoms with Crippen molar-refractivity contribution in [2.45, 2.75) is 96.6 Å². The molecule has 1 aliphatic heterocycles. The second-order valence-electron chi connectivity index (χ2n) is 9.05. The van der Waals surface area contributed by atoms with E-state index >= 15 is 0 Å². The molecule has 0 spiro atoms. The van der Waals surface area contributed by atoms with Gasteiger partial charge in [-0.3, -0.25) is 4.79 Å². The van der Waals surface area contributed by atoms with E-state index in [4.69, 9.17) is 9.31 Å². The molecule has 0 saturated carbocycles. The maximum Gasteiger partial charge on any atom is 0.464 e. The van der Waals surface area contributed by atoms with Gasteiger partial charge in [0.05, 0.1) is 11.2 Å². The van der Waals surface area contributed by atoms with Gasteiger partial charge < -0.3 is 9.31 Å². The maximum absolute atomic E-state index is 12.8. The molecule has 0 amide bonds. The Hall–Kier alpha value is -1.13. The van der Waals surface area contributed by atoms with Crippen molar-refractivity contribution in [3.63, 3.8) is 0 Å². The van der Waals surface area contributed by atoms with Crippen molar-refractivity contribution < 1.29 is 14.1 Å². The minimum atomic E-state index is -0.363. The summed E-state index contributed by atoms with van der Waals surface area (Å²) in [6.45, 7) is 12.6. The van der Waals surface area contributed by atoms with E-state index < -0.39 is 0 Å². The first-order valence-electron chi connectivity index (χ1n) is 10.0. The van der Waals surface area contributed by atoms with E-state index in [1.165, 1.54) is 5.56 Å². The van der Waals surface area contributed by atoms with Crippen LogP contribution in [0.15, 0.2) is 30.3 Å². The molecule has 0 aliphatic carbocycles. The zero-order valence-electron chi connectivity index (χ0n) is 17.4. The van der Waals surface area contributed by atoms with E-state index in [0.29, 0.717) is 18.6 Å². The number of ketones is 1. The molecule has 3 nitrogen and oxygen atoms in total. The molecule has 2 rings (SSSR count). The molecule has 144 valence electrons. The van der Waals surface area contributed by atoms with E-state index in [1.807, 2.05) is 18.2 Å². The molecule has 4 heteroatoms. The first-order chi connectivity index (χ1) is 12.1. The Morgan fingerprint density at radius 3 is 2.19 bits per heavy atom. The largest absolute Gasteiger partial charge is 0.464 e. The van der Waals surface area contributed by atoms with Gasteiger partial charge in [0, 0.05) is 18.2 Å². The van der Waals surface area contributed by atoms with Crippen LogP contribution < -0.4 is 0 Å². The molecule has 1 heterocycles. The fourth-order valence-corrected chi connectivity index (χ4v) is 3.47. The topological polar surface area (TPSA) is 35.5 Å². The molecule has 0 N–H and O–H groups in total. The minimum absolute atomic E-state index is 0.283. The molecule has 0 aromatic heterocycles. The number of benzene rings is 1. The highest BCUT2D eigenvalue weighted by Crippen LogP contribution is 2.49. The molecular formula is C22H35BO3. The standard InChI is InChI=1S/C22H35BO3/c1-7-8-16-22(6,23-25-20(2,3)21(4,5)26-23)17-19(24)15-14-18-12-10-9-11-13-18/h9-13H,7-8,14-17H2,1-6H3/t22-/m0/s1. The number of hydrogen-bond donors (Lipinski definition) is 0. The van der Waals surface area contributed by atoms with Gasteiger partial charge in [-0.25, -0.2) is 0 Å². The molecule has 1 fully saturated rings. The summed E-state index contributed by atoms with van der Waals surface area (Å²) in [4.78, 5) is 12.8. The number of unbranched alkanes of at least 4 members (excludes halogenated alkanes) is 1. The van der Waals surface area contributed by atoms with Gasteiger partial charge in [0.25, 0.3) is 0 Å². The normalized spacial score (nSPS) is 20.8. The van der Waals surface area contributed by atoms with Gasteiger partial charge in [-0.05, 0) is 46.1 Å². The third kappa shape index (κ3) is 4.98. The van der Waals surface area contributed by atoms with Gasteiger partial charge >= 0.3 is 7.12 Å². The number of carbonyl (C=O) groups is 1. The number of aryl methyl sites for hydroxylation is 1. The first-order valence-corrected chi connectivity index (χ1v) is 10.0. The van der Waals surface area contributed by atoms with E-state index in [9.17, 15) is 4.79 Å². The SMILES string of the molecule is CCCC[C@@](C)(CC(=O)CCc1ccccc1)B1OC(C)(C)C(C)(C)O1. The molecule has 1 aromatic carbocycles. The Balaban J connectivity index is 2.05. The van der Waals surface area contributed by atoms with Gasteiger partial charge in [-0.2, -0.15) is 0 Å². The molecule has 1 atom stereocenters. The summed E-state index contributed by atoms with van der Waals surface area (Å²) >= 11 is 0. The van der Waals surface area contributed by atoms with E-state index in [-0.39, 0.29) is 23.6 Å². The highest BCUT2D eigenvalue weighted by molar-refractivity contribution is 6.50. The van der Waals surface area contributed by atoms with Crippen LogP contribution >= 0.6 is 0 Å². The van der Waals surface area contributed by atoms with Gasteiger partial charge in [-0.15, -0.1) is 0 Å². The Morgan fingerprint density at radius 1 is 1.08 bits per heavy atom. The van der Waals surface area contributed by atoms with Gasteiger partial charge in [0.2, 0.25) is 0 Å². The summed E-state index contributed by atoms with van der Waals surface area (Å²) in [5.41, 5.74) is 0.489. The molecule has 0 radical (unpaired) electrons. The lowest BCUT2D eigenvalue weighted by molar-refractivity contribution is -0.119. The van der Waals surface area contributed by atoms with Crippen molar-refractivity contribution >= 4 is 12.9 Å². The molecule has 1 aromatic rings. The molecule has 0 bridgehead atoms. The first kappa shape index (κ1) is 21.2. The fraction of sp³-hybridized carbons (Fsp3) is 0.682. The Morgan fingerprint density at radius 2 is 1.65 bits per heavy atom. The maximum atomic E-state index is 12.8. The monoisotopic (exact) mass is 358 g/mol. The van der Waals surface area contributed by atoms with Gasteiger partial charge in [0.15, 0.2) is 0 Å². The number of hydrogen-bond acceptors (Lipinski definition) is 3. The van der Waals surface area contributed by atoms with Crippen LogP contribution in [0, 0.1) is 0 Å². The Labute approximate surface area is 160 Å². The minimum Gasteiger partial charge on any atom is -0.403 e. The highest BCUT2D eigenvalue weighted by Gasteiger charge is 2.57. The Kier molecular flexibility index (Phi) is 6.73. The van der Waals surface area contributed by atoms with Crippen molar-refractivity contribution in [1.82, 2.24) is 0 Å². The summed E-state index contributed by atoms with van der Waals surface area (Å²) in [7, 11) is -0.334. The van der Waals surface area contributed by atoms with Crippen LogP contribution in [0.3, 0.4) is 0 Å². The zero-order chi connectivity index (χ0) is 19.4. The smallest absolute Gasteiger partial charge is 0.403 e. The van der Waals surface area contributed by atoms with Crippen molar-refractivity contribution in [3.8, 4) is 0 Å². The van der Waals surface area contributed by atoms with Gasteiger partial charge in [-0.1, -0.05) is 57.0 Å². The molecule has 0 unspecified atom stereocenters. The van der Waals surface area contributed by atoms with E-state index in [0.717, 1.165) is 25.7 Å². The fourth-order valence-electron chi connectivity index (χ4n) is 3.47. The molecular weight excluding hydrogens is 323 g/mol. The quantitative estimate of drug-likeness (QED) is 0.537. The average molecular weight is 358 g/mol. The van der Waals surface area contributed by atoms with Crippen LogP contribution in [-0.2, 0) is 20.5 Å². The summed E-state index contributed by atoms with van der Waals surface area (Å²) in [5.74, 6) is 0.294. The molecule has 1 saturated heterocycles. The summed E-state index contributed by atoms with van der Waals surface area (Å²) < 4.78 is 12.6. The van der Waals surface area contributed by atoms with Crippen LogP contribution in [0.4, 0.5) is 0 Å². The predicted molar refractivity (Wildman–Crippen MR) is 108 cm³/mol. The number of rotatable bonds is 9. The van der Waals surface area contributed by atoms with Crippen LogP contribution in [0.2, 0.25) is 5.31 Å². The lowest BCUT2D eigenvalue weighted by Crippen LogP contribution is -2.41. The van der Waals surface area contributed by atoms with Crippen molar-refractivity contribution in [2.75, 3.05) is 0 Å². The van der Waals surface area contributed by atoms with Crippen molar-refractivity contribution in [1.29, 1.82) is 0 Å². The van der Waals surface area contributed by atoms with Crippen LogP contribution in [0.1, 0.15) is 79.2 Å². The van der Waals surface area contributed by atoms with E-state index in [1.54, 1.807) is 0 Å². The zero-order valence-corrected chi connectivity index (χ0v) is 17.4. The Bertz CT molecular complexity index is 581. The van der Waals surface area contributed by atoms with Crippen molar-refractivity contribution in [3.05, 3.63) is 35.9 Å². The highest BCUT2D eigenvalue weighted by atomic mass is 16.7. The van der Waals surface area contributed by atoms with Crippen LogP contribution in [0.5, 0.6) is 0 Å². The second-order valence-corrected chi connectivity index (χ2v) is 9.05. The predicted octanol–water partition coefficient (Wildman–Crippen LogP) is 5.62.